The lowest BCUT2D eigenvalue weighted by Gasteiger charge is -2.30. The van der Waals surface area contributed by atoms with Gasteiger partial charge in [0.05, 0.1) is 0 Å². The molecular weight excluding hydrogens is 176 g/mol. The number of amides is 1. The van der Waals surface area contributed by atoms with Crippen molar-refractivity contribution in [3.05, 3.63) is 0 Å². The molecule has 0 aromatic carbocycles. The van der Waals surface area contributed by atoms with E-state index in [0.717, 1.165) is 12.8 Å². The normalized spacial score (nSPS) is 13.8. The van der Waals surface area contributed by atoms with Crippen LogP contribution in [0.3, 0.4) is 0 Å². The van der Waals surface area contributed by atoms with Crippen LogP contribution in [-0.2, 0) is 4.79 Å². The third-order valence-corrected chi connectivity index (χ3v) is 2.74. The molecule has 0 heterocycles. The lowest BCUT2D eigenvalue weighted by molar-refractivity contribution is -0.121. The monoisotopic (exact) mass is 200 g/mol. The number of carbonyl (C=O) groups is 1. The van der Waals surface area contributed by atoms with Crippen molar-refractivity contribution >= 4 is 5.91 Å². The molecule has 0 aliphatic heterocycles. The zero-order valence-corrected chi connectivity index (χ0v) is 9.89. The largest absolute Gasteiger partial charge is 0.359 e. The summed E-state index contributed by atoms with van der Waals surface area (Å²) < 4.78 is 0. The van der Waals surface area contributed by atoms with Crippen LogP contribution in [0.2, 0.25) is 0 Å². The van der Waals surface area contributed by atoms with Crippen molar-refractivity contribution in [1.29, 1.82) is 0 Å². The molecule has 1 atom stereocenters. The van der Waals surface area contributed by atoms with Crippen LogP contribution in [0.1, 0.15) is 40.0 Å². The minimum absolute atomic E-state index is 0.122. The summed E-state index contributed by atoms with van der Waals surface area (Å²) in [5, 5.41) is 2.64. The van der Waals surface area contributed by atoms with Crippen LogP contribution in [0.4, 0.5) is 0 Å². The molecule has 3 N–H and O–H groups in total. The van der Waals surface area contributed by atoms with Gasteiger partial charge in [0.1, 0.15) is 0 Å². The van der Waals surface area contributed by atoms with Crippen LogP contribution in [0.25, 0.3) is 0 Å². The van der Waals surface area contributed by atoms with Gasteiger partial charge in [-0.25, -0.2) is 0 Å². The Labute approximate surface area is 87.4 Å². The third-order valence-electron chi connectivity index (χ3n) is 2.74. The van der Waals surface area contributed by atoms with E-state index < -0.39 is 0 Å². The predicted molar refractivity (Wildman–Crippen MR) is 59.9 cm³/mol. The number of nitrogens with one attached hydrogen (secondary N) is 1. The summed E-state index contributed by atoms with van der Waals surface area (Å²) in [5.41, 5.74) is 5.81. The van der Waals surface area contributed by atoms with Gasteiger partial charge in [0, 0.05) is 13.5 Å². The molecule has 0 radical (unpaired) electrons. The maximum atomic E-state index is 11.1. The second-order valence-corrected chi connectivity index (χ2v) is 4.85. The molecule has 0 fully saturated rings. The van der Waals surface area contributed by atoms with Crippen LogP contribution in [0, 0.1) is 11.3 Å². The van der Waals surface area contributed by atoms with Crippen molar-refractivity contribution in [3.63, 3.8) is 0 Å². The minimum atomic E-state index is 0.122. The average molecular weight is 200 g/mol. The number of carbonyl (C=O) groups excluding carboxylic acids is 1. The highest BCUT2D eigenvalue weighted by molar-refractivity contribution is 5.75. The van der Waals surface area contributed by atoms with Gasteiger partial charge in [-0.3, -0.25) is 4.79 Å². The standard InChI is InChI=1S/C11H24N2O/c1-11(2,3)9(7-8-12)5-6-10(14)13-4/h9H,5-8,12H2,1-4H3,(H,13,14). The highest BCUT2D eigenvalue weighted by Gasteiger charge is 2.23. The average Bonchev–Trinajstić information content (AvgIpc) is 2.09. The van der Waals surface area contributed by atoms with Gasteiger partial charge in [-0.1, -0.05) is 20.8 Å². The van der Waals surface area contributed by atoms with Crippen molar-refractivity contribution in [2.45, 2.75) is 40.0 Å². The Kier molecular flexibility index (Phi) is 5.77. The highest BCUT2D eigenvalue weighted by Crippen LogP contribution is 2.31. The second kappa shape index (κ2) is 6.02. The third kappa shape index (κ3) is 5.22. The molecule has 3 nitrogen and oxygen atoms in total. The summed E-state index contributed by atoms with van der Waals surface area (Å²) in [4.78, 5) is 11.1. The molecule has 0 bridgehead atoms. The van der Waals surface area contributed by atoms with Crippen molar-refractivity contribution in [2.75, 3.05) is 13.6 Å². The van der Waals surface area contributed by atoms with Gasteiger partial charge in [-0.05, 0) is 30.7 Å². The Bertz CT molecular complexity index is 173. The molecule has 0 saturated carbocycles. The SMILES string of the molecule is CNC(=O)CCC(CCN)C(C)(C)C. The van der Waals surface area contributed by atoms with Crippen molar-refractivity contribution < 1.29 is 4.79 Å². The van der Waals surface area contributed by atoms with E-state index in [1.807, 2.05) is 0 Å². The van der Waals surface area contributed by atoms with Gasteiger partial charge in [0.25, 0.3) is 0 Å². The van der Waals surface area contributed by atoms with Gasteiger partial charge in [0.15, 0.2) is 0 Å². The Morgan fingerprint density at radius 1 is 1.36 bits per heavy atom. The first-order valence-corrected chi connectivity index (χ1v) is 5.32. The molecular formula is C11H24N2O. The first-order valence-electron chi connectivity index (χ1n) is 5.32. The number of hydrogen-bond donors (Lipinski definition) is 2. The molecule has 0 aliphatic rings. The first-order chi connectivity index (χ1) is 6.41. The van der Waals surface area contributed by atoms with Gasteiger partial charge < -0.3 is 11.1 Å². The van der Waals surface area contributed by atoms with Gasteiger partial charge in [-0.2, -0.15) is 0 Å². The van der Waals surface area contributed by atoms with Crippen molar-refractivity contribution in [3.8, 4) is 0 Å². The maximum Gasteiger partial charge on any atom is 0.219 e. The first kappa shape index (κ1) is 13.4. The van der Waals surface area contributed by atoms with Crippen molar-refractivity contribution in [2.24, 2.45) is 17.1 Å². The fourth-order valence-corrected chi connectivity index (χ4v) is 1.64. The molecule has 0 aromatic rings. The van der Waals surface area contributed by atoms with E-state index >= 15 is 0 Å². The molecule has 0 aliphatic carbocycles. The summed E-state index contributed by atoms with van der Waals surface area (Å²) in [6, 6.07) is 0. The van der Waals surface area contributed by atoms with E-state index in [-0.39, 0.29) is 11.3 Å². The highest BCUT2D eigenvalue weighted by atomic mass is 16.1. The van der Waals surface area contributed by atoms with E-state index in [1.165, 1.54) is 0 Å². The number of nitrogens with two attached hydrogens (primary N) is 1. The van der Waals surface area contributed by atoms with Gasteiger partial charge in [-0.15, -0.1) is 0 Å². The summed E-state index contributed by atoms with van der Waals surface area (Å²) in [6.45, 7) is 7.32. The van der Waals surface area contributed by atoms with Crippen LogP contribution in [0.5, 0.6) is 0 Å². The Hall–Kier alpha value is -0.570. The molecule has 84 valence electrons. The number of rotatable bonds is 5. The molecule has 14 heavy (non-hydrogen) atoms. The lowest BCUT2D eigenvalue weighted by atomic mass is 9.76. The molecule has 3 heteroatoms. The zero-order chi connectivity index (χ0) is 11.2. The quantitative estimate of drug-likeness (QED) is 0.707. The zero-order valence-electron chi connectivity index (χ0n) is 9.89. The van der Waals surface area contributed by atoms with Gasteiger partial charge >= 0.3 is 0 Å². The fourth-order valence-electron chi connectivity index (χ4n) is 1.64. The second-order valence-electron chi connectivity index (χ2n) is 4.85. The van der Waals surface area contributed by atoms with Crippen LogP contribution >= 0.6 is 0 Å². The Morgan fingerprint density at radius 3 is 2.29 bits per heavy atom. The lowest BCUT2D eigenvalue weighted by Crippen LogP contribution is -2.26. The summed E-state index contributed by atoms with van der Waals surface area (Å²) in [7, 11) is 1.68. The Balaban J connectivity index is 4.04. The fraction of sp³-hybridized carbons (Fsp3) is 0.909. The van der Waals surface area contributed by atoms with Crippen molar-refractivity contribution in [1.82, 2.24) is 5.32 Å². The van der Waals surface area contributed by atoms with E-state index in [2.05, 4.69) is 26.1 Å². The van der Waals surface area contributed by atoms with Crippen LogP contribution < -0.4 is 11.1 Å². The number of hydrogen-bond acceptors (Lipinski definition) is 2. The summed E-state index contributed by atoms with van der Waals surface area (Å²) in [6.07, 6.45) is 2.54. The molecule has 1 amide bonds. The molecule has 1 unspecified atom stereocenters. The predicted octanol–water partition coefficient (Wildman–Crippen LogP) is 1.52. The van der Waals surface area contributed by atoms with E-state index in [1.54, 1.807) is 7.05 Å². The maximum absolute atomic E-state index is 11.1. The van der Waals surface area contributed by atoms with Crippen LogP contribution in [0.15, 0.2) is 0 Å². The van der Waals surface area contributed by atoms with E-state index in [9.17, 15) is 4.79 Å². The molecule has 0 aromatic heterocycles. The molecule has 0 saturated heterocycles. The van der Waals surface area contributed by atoms with E-state index in [4.69, 9.17) is 5.73 Å². The minimum Gasteiger partial charge on any atom is -0.359 e. The van der Waals surface area contributed by atoms with Gasteiger partial charge in [0.2, 0.25) is 5.91 Å². The summed E-state index contributed by atoms with van der Waals surface area (Å²) in [5.74, 6) is 0.654. The molecule has 0 spiro atoms. The van der Waals surface area contributed by atoms with E-state index in [0.29, 0.717) is 18.9 Å². The summed E-state index contributed by atoms with van der Waals surface area (Å²) >= 11 is 0. The molecule has 0 rings (SSSR count). The Morgan fingerprint density at radius 2 is 1.93 bits per heavy atom. The van der Waals surface area contributed by atoms with Crippen LogP contribution in [-0.4, -0.2) is 19.5 Å². The topological polar surface area (TPSA) is 55.1 Å². The smallest absolute Gasteiger partial charge is 0.219 e.